The number of carbonyl (C=O) groups excluding carboxylic acids is 1. The second-order valence-electron chi connectivity index (χ2n) is 8.06. The molecule has 0 saturated carbocycles. The predicted octanol–water partition coefficient (Wildman–Crippen LogP) is 4.23. The van der Waals surface area contributed by atoms with Crippen LogP contribution in [0.25, 0.3) is 11.4 Å². The van der Waals surface area contributed by atoms with E-state index in [1.54, 1.807) is 18.2 Å². The number of alkyl halides is 2. The van der Waals surface area contributed by atoms with Gasteiger partial charge < -0.3 is 15.5 Å². The number of hydrogen-bond acceptors (Lipinski definition) is 7. The number of fused-ring (bicyclic) bond motifs is 1. The number of para-hydroxylation sites is 1. The van der Waals surface area contributed by atoms with Crippen molar-refractivity contribution in [3.8, 4) is 17.1 Å². The molecule has 0 saturated heterocycles. The predicted molar refractivity (Wildman–Crippen MR) is 124 cm³/mol. The largest absolute Gasteiger partial charge is 0.435 e. The second-order valence-corrected chi connectivity index (χ2v) is 9.01. The molecule has 0 aliphatic carbocycles. The summed E-state index contributed by atoms with van der Waals surface area (Å²) in [6.45, 7) is 1.30. The number of nitrogens with zero attached hydrogens (tertiary/aromatic N) is 4. The summed E-state index contributed by atoms with van der Waals surface area (Å²) in [5, 5.41) is 8.49. The van der Waals surface area contributed by atoms with Crippen LogP contribution in [-0.4, -0.2) is 40.1 Å². The number of carbonyl (C=O) groups is 1. The summed E-state index contributed by atoms with van der Waals surface area (Å²) in [6.07, 6.45) is 1.67. The molecule has 0 atom stereocenters. The summed E-state index contributed by atoms with van der Waals surface area (Å²) in [6, 6.07) is 14.0. The van der Waals surface area contributed by atoms with Crippen LogP contribution in [0.5, 0.6) is 5.75 Å². The van der Waals surface area contributed by atoms with Crippen molar-refractivity contribution in [2.45, 2.75) is 31.0 Å². The van der Waals surface area contributed by atoms with Gasteiger partial charge in [0.1, 0.15) is 5.75 Å². The minimum Gasteiger partial charge on any atom is -0.435 e. The number of aromatic nitrogens is 3. The zero-order valence-corrected chi connectivity index (χ0v) is 19.1. The molecule has 2 aromatic carbocycles. The number of allylic oxidation sites excluding steroid dienone is 2. The minimum atomic E-state index is -2.90. The molecule has 2 heterocycles. The monoisotopic (exact) mass is 471 g/mol. The van der Waals surface area contributed by atoms with E-state index >= 15 is 0 Å². The Morgan fingerprint density at radius 2 is 1.88 bits per heavy atom. The Balaban J connectivity index is 1.45. The van der Waals surface area contributed by atoms with Crippen molar-refractivity contribution in [1.82, 2.24) is 14.9 Å². The number of halogens is 2. The lowest BCUT2D eigenvalue weighted by molar-refractivity contribution is -0.112. The second kappa shape index (κ2) is 8.86. The summed E-state index contributed by atoms with van der Waals surface area (Å²) in [7, 11) is 1.96. The smallest absolute Gasteiger partial charge is 0.387 e. The highest BCUT2D eigenvalue weighted by Crippen LogP contribution is 2.46. The van der Waals surface area contributed by atoms with Crippen LogP contribution in [0, 0.1) is 0 Å². The molecule has 1 aliphatic rings. The minimum absolute atomic E-state index is 0.0343. The van der Waals surface area contributed by atoms with Gasteiger partial charge in [-0.2, -0.15) is 8.78 Å². The van der Waals surface area contributed by atoms with Crippen molar-refractivity contribution in [1.29, 1.82) is 0 Å². The number of anilines is 1. The third-order valence-corrected chi connectivity index (χ3v) is 6.55. The van der Waals surface area contributed by atoms with E-state index in [9.17, 15) is 13.6 Å². The Bertz CT molecular complexity index is 1210. The summed E-state index contributed by atoms with van der Waals surface area (Å²) < 4.78 is 30.3. The molecular weight excluding hydrogens is 448 g/mol. The van der Waals surface area contributed by atoms with Gasteiger partial charge in [-0.3, -0.25) is 4.79 Å². The molecule has 0 radical (unpaired) electrons. The molecule has 10 heteroatoms. The summed E-state index contributed by atoms with van der Waals surface area (Å²) in [5.41, 5.74) is 3.49. The van der Waals surface area contributed by atoms with Gasteiger partial charge in [-0.05, 0) is 35.9 Å². The van der Waals surface area contributed by atoms with Crippen molar-refractivity contribution >= 4 is 23.2 Å². The zero-order chi connectivity index (χ0) is 23.8. The molecular formula is C23H23F2N5O2S. The van der Waals surface area contributed by atoms with Crippen LogP contribution < -0.4 is 15.5 Å². The lowest BCUT2D eigenvalue weighted by Crippen LogP contribution is -2.24. The first-order valence-electron chi connectivity index (χ1n) is 10.1. The number of ether oxygens (including phenoxy) is 1. The van der Waals surface area contributed by atoms with Crippen molar-refractivity contribution in [3.05, 3.63) is 65.9 Å². The Morgan fingerprint density at radius 3 is 2.55 bits per heavy atom. The standard InChI is InChI=1S/C23H23F2N5O2S/c1-23(2)17-6-4-5-7-18(17)29(3)19(23)12-15(31)13-33-22-28-27-20(30(22)26)14-8-10-16(11-9-14)32-21(24)25/h4-12,21H,13,26H2,1-3H3. The Morgan fingerprint density at radius 1 is 1.18 bits per heavy atom. The third kappa shape index (κ3) is 4.43. The van der Waals surface area contributed by atoms with Gasteiger partial charge in [-0.1, -0.05) is 43.8 Å². The van der Waals surface area contributed by atoms with Crippen LogP contribution in [0.1, 0.15) is 19.4 Å². The molecule has 4 rings (SSSR count). The van der Waals surface area contributed by atoms with Gasteiger partial charge in [-0.15, -0.1) is 10.2 Å². The number of nitrogen functional groups attached to an aromatic ring is 1. The van der Waals surface area contributed by atoms with Gasteiger partial charge in [0.2, 0.25) is 5.16 Å². The van der Waals surface area contributed by atoms with Crippen LogP contribution >= 0.6 is 11.8 Å². The van der Waals surface area contributed by atoms with Crippen LogP contribution in [0.4, 0.5) is 14.5 Å². The van der Waals surface area contributed by atoms with Crippen LogP contribution in [0.15, 0.2) is 65.5 Å². The Labute approximate surface area is 194 Å². The van der Waals surface area contributed by atoms with E-state index in [1.807, 2.05) is 30.1 Å². The maximum atomic E-state index is 12.8. The summed E-state index contributed by atoms with van der Waals surface area (Å²) in [5.74, 6) is 6.56. The Hall–Kier alpha value is -3.40. The summed E-state index contributed by atoms with van der Waals surface area (Å²) >= 11 is 1.18. The van der Waals surface area contributed by atoms with Gasteiger partial charge in [0.25, 0.3) is 0 Å². The van der Waals surface area contributed by atoms with Crippen molar-refractivity contribution in [2.75, 3.05) is 23.5 Å². The molecule has 0 bridgehead atoms. The van der Waals surface area contributed by atoms with E-state index in [1.165, 1.54) is 34.1 Å². The van der Waals surface area contributed by atoms with E-state index in [-0.39, 0.29) is 22.7 Å². The number of likely N-dealkylation sites (N-methyl/N-ethyl adjacent to an activating group) is 1. The van der Waals surface area contributed by atoms with E-state index in [0.29, 0.717) is 16.5 Å². The fourth-order valence-corrected chi connectivity index (χ4v) is 4.63. The highest BCUT2D eigenvalue weighted by atomic mass is 32.2. The third-order valence-electron chi connectivity index (χ3n) is 5.58. The molecule has 172 valence electrons. The summed E-state index contributed by atoms with van der Waals surface area (Å²) in [4.78, 5) is 14.8. The SMILES string of the molecule is CN1C(=CC(=O)CSc2nnc(-c3ccc(OC(F)F)cc3)n2N)C(C)(C)c2ccccc21. The lowest BCUT2D eigenvalue weighted by atomic mass is 9.83. The van der Waals surface area contributed by atoms with Crippen LogP contribution in [-0.2, 0) is 10.2 Å². The molecule has 3 aromatic rings. The number of nitrogens with two attached hydrogens (primary N) is 1. The van der Waals surface area contributed by atoms with Gasteiger partial charge in [0.05, 0.1) is 5.75 Å². The van der Waals surface area contributed by atoms with E-state index < -0.39 is 6.61 Å². The average Bonchev–Trinajstić information content (AvgIpc) is 3.23. The van der Waals surface area contributed by atoms with E-state index in [2.05, 4.69) is 34.8 Å². The fraction of sp³-hybridized carbons (Fsp3) is 0.261. The molecule has 2 N–H and O–H groups in total. The first-order chi connectivity index (χ1) is 15.7. The number of thioether (sulfide) groups is 1. The van der Waals surface area contributed by atoms with Crippen molar-refractivity contribution < 1.29 is 18.3 Å². The molecule has 0 fully saturated rings. The molecule has 1 aromatic heterocycles. The number of rotatable bonds is 7. The lowest BCUT2D eigenvalue weighted by Gasteiger charge is -2.23. The highest BCUT2D eigenvalue weighted by Gasteiger charge is 2.38. The van der Waals surface area contributed by atoms with Crippen molar-refractivity contribution in [3.63, 3.8) is 0 Å². The van der Waals surface area contributed by atoms with Gasteiger partial charge >= 0.3 is 6.61 Å². The van der Waals surface area contributed by atoms with Gasteiger partial charge in [0.15, 0.2) is 11.6 Å². The zero-order valence-electron chi connectivity index (χ0n) is 18.3. The molecule has 33 heavy (non-hydrogen) atoms. The molecule has 7 nitrogen and oxygen atoms in total. The molecule has 0 unspecified atom stereocenters. The maximum Gasteiger partial charge on any atom is 0.387 e. The molecule has 0 spiro atoms. The molecule has 1 aliphatic heterocycles. The van der Waals surface area contributed by atoms with Crippen LogP contribution in [0.2, 0.25) is 0 Å². The van der Waals surface area contributed by atoms with Crippen molar-refractivity contribution in [2.24, 2.45) is 0 Å². The van der Waals surface area contributed by atoms with Crippen LogP contribution in [0.3, 0.4) is 0 Å². The van der Waals surface area contributed by atoms with E-state index in [4.69, 9.17) is 5.84 Å². The fourth-order valence-electron chi connectivity index (χ4n) is 3.95. The average molecular weight is 472 g/mol. The molecule has 0 amide bonds. The normalized spacial score (nSPS) is 15.8. The van der Waals surface area contributed by atoms with E-state index in [0.717, 1.165) is 11.4 Å². The quantitative estimate of drug-likeness (QED) is 0.313. The number of ketones is 1. The first kappa shape index (κ1) is 22.8. The number of benzene rings is 2. The Kier molecular flexibility index (Phi) is 6.11. The highest BCUT2D eigenvalue weighted by molar-refractivity contribution is 7.99. The van der Waals surface area contributed by atoms with Gasteiger partial charge in [-0.25, -0.2) is 4.68 Å². The van der Waals surface area contributed by atoms with Gasteiger partial charge in [0, 0.05) is 35.5 Å². The number of hydrogen-bond donors (Lipinski definition) is 1. The maximum absolute atomic E-state index is 12.8. The first-order valence-corrected chi connectivity index (χ1v) is 11.1. The topological polar surface area (TPSA) is 86.3 Å².